The fraction of sp³-hybridized carbons (Fsp3) is 0. The Kier molecular flexibility index (Phi) is 3.51. The predicted molar refractivity (Wildman–Crippen MR) is 69.1 cm³/mol. The molecule has 0 spiro atoms. The summed E-state index contributed by atoms with van der Waals surface area (Å²) in [7, 11) is 0. The Balaban J connectivity index is 2.28. The van der Waals surface area contributed by atoms with Crippen molar-refractivity contribution in [1.82, 2.24) is 4.98 Å². The van der Waals surface area contributed by atoms with Crippen molar-refractivity contribution in [2.45, 2.75) is 0 Å². The molecule has 0 saturated carbocycles. The zero-order chi connectivity index (χ0) is 13.0. The normalized spacial score (nSPS) is 9.56. The van der Waals surface area contributed by atoms with E-state index >= 15 is 0 Å². The molecule has 0 aliphatic heterocycles. The summed E-state index contributed by atoms with van der Waals surface area (Å²) in [6, 6.07) is 9.92. The Labute approximate surface area is 108 Å². The van der Waals surface area contributed by atoms with Gasteiger partial charge in [-0.05, 0) is 29.4 Å². The van der Waals surface area contributed by atoms with E-state index in [0.717, 1.165) is 0 Å². The van der Waals surface area contributed by atoms with Gasteiger partial charge in [-0.25, -0.2) is 4.98 Å². The van der Waals surface area contributed by atoms with Crippen LogP contribution in [0.15, 0.2) is 41.7 Å². The molecule has 2 aromatic rings. The fourth-order valence-corrected chi connectivity index (χ4v) is 1.54. The van der Waals surface area contributed by atoms with Crippen LogP contribution >= 0.6 is 11.6 Å². The average molecular weight is 259 g/mol. The third kappa shape index (κ3) is 2.62. The van der Waals surface area contributed by atoms with Crippen LogP contribution in [0.5, 0.6) is 0 Å². The molecule has 18 heavy (non-hydrogen) atoms. The van der Waals surface area contributed by atoms with Gasteiger partial charge in [0.15, 0.2) is 0 Å². The van der Waals surface area contributed by atoms with Gasteiger partial charge in [0.05, 0.1) is 10.6 Å². The first-order valence-electron chi connectivity index (χ1n) is 4.99. The second kappa shape index (κ2) is 5.25. The molecule has 0 saturated heterocycles. The molecule has 0 aliphatic rings. The van der Waals surface area contributed by atoms with Crippen LogP contribution < -0.4 is 5.32 Å². The maximum Gasteiger partial charge on any atom is 0.132 e. The quantitative estimate of drug-likeness (QED) is 0.851. The van der Waals surface area contributed by atoms with Gasteiger partial charge < -0.3 is 5.32 Å². The SMILES string of the molecule is N#Cc1cc(Nc2cc(N=O)ccn2)ccc1Cl. The van der Waals surface area contributed by atoms with E-state index in [9.17, 15) is 4.91 Å². The highest BCUT2D eigenvalue weighted by atomic mass is 35.5. The lowest BCUT2D eigenvalue weighted by Crippen LogP contribution is -1.93. The van der Waals surface area contributed by atoms with Crippen LogP contribution in [0.4, 0.5) is 17.2 Å². The number of hydrogen-bond donors (Lipinski definition) is 1. The minimum absolute atomic E-state index is 0.280. The van der Waals surface area contributed by atoms with E-state index < -0.39 is 0 Å². The van der Waals surface area contributed by atoms with E-state index in [1.54, 1.807) is 18.2 Å². The molecular formula is C12H7ClN4O. The molecule has 0 atom stereocenters. The Bertz CT molecular complexity index is 636. The van der Waals surface area contributed by atoms with Crippen molar-refractivity contribution in [3.8, 4) is 6.07 Å². The van der Waals surface area contributed by atoms with Gasteiger partial charge in [-0.3, -0.25) is 0 Å². The second-order valence-electron chi connectivity index (χ2n) is 3.42. The molecule has 1 aromatic heterocycles. The Morgan fingerprint density at radius 3 is 2.89 bits per heavy atom. The Hall–Kier alpha value is -2.45. The summed E-state index contributed by atoms with van der Waals surface area (Å²) in [6.07, 6.45) is 1.47. The number of halogens is 1. The lowest BCUT2D eigenvalue weighted by atomic mass is 10.2. The van der Waals surface area contributed by atoms with Crippen molar-refractivity contribution in [3.05, 3.63) is 52.0 Å². The molecule has 0 unspecified atom stereocenters. The van der Waals surface area contributed by atoms with Gasteiger partial charge in [-0.15, -0.1) is 4.91 Å². The van der Waals surface area contributed by atoms with E-state index in [2.05, 4.69) is 15.5 Å². The molecule has 0 amide bonds. The summed E-state index contributed by atoms with van der Waals surface area (Å²) < 4.78 is 0. The van der Waals surface area contributed by atoms with Gasteiger partial charge in [-0.2, -0.15) is 5.26 Å². The van der Waals surface area contributed by atoms with Crippen LogP contribution in [0.2, 0.25) is 5.02 Å². The smallest absolute Gasteiger partial charge is 0.132 e. The molecule has 88 valence electrons. The number of nitroso groups, excluding NO2 is 1. The monoisotopic (exact) mass is 258 g/mol. The van der Waals surface area contributed by atoms with Gasteiger partial charge in [0.1, 0.15) is 17.6 Å². The zero-order valence-electron chi connectivity index (χ0n) is 9.09. The maximum absolute atomic E-state index is 10.4. The summed E-state index contributed by atoms with van der Waals surface area (Å²) in [6.45, 7) is 0. The summed E-state index contributed by atoms with van der Waals surface area (Å²) >= 11 is 5.82. The molecule has 0 bridgehead atoms. The molecule has 1 aromatic carbocycles. The number of nitrogens with one attached hydrogen (secondary N) is 1. The predicted octanol–water partition coefficient (Wildman–Crippen LogP) is 3.75. The van der Waals surface area contributed by atoms with Crippen LogP contribution in [0.25, 0.3) is 0 Å². The molecule has 1 N–H and O–H groups in total. The summed E-state index contributed by atoms with van der Waals surface area (Å²) in [5.41, 5.74) is 1.31. The van der Waals surface area contributed by atoms with Crippen molar-refractivity contribution in [2.24, 2.45) is 5.18 Å². The van der Waals surface area contributed by atoms with Crippen LogP contribution in [-0.4, -0.2) is 4.98 Å². The van der Waals surface area contributed by atoms with E-state index in [1.807, 2.05) is 6.07 Å². The van der Waals surface area contributed by atoms with Gasteiger partial charge in [-0.1, -0.05) is 11.6 Å². The van der Waals surface area contributed by atoms with E-state index in [1.165, 1.54) is 18.3 Å². The lowest BCUT2D eigenvalue weighted by Gasteiger charge is -2.06. The number of benzene rings is 1. The van der Waals surface area contributed by atoms with Gasteiger partial charge in [0, 0.05) is 18.0 Å². The highest BCUT2D eigenvalue weighted by Gasteiger charge is 2.03. The highest BCUT2D eigenvalue weighted by Crippen LogP contribution is 2.23. The largest absolute Gasteiger partial charge is 0.340 e. The van der Waals surface area contributed by atoms with Crippen molar-refractivity contribution in [2.75, 3.05) is 5.32 Å². The number of anilines is 2. The summed E-state index contributed by atoms with van der Waals surface area (Å²) in [5.74, 6) is 0.471. The minimum atomic E-state index is 0.280. The zero-order valence-corrected chi connectivity index (χ0v) is 9.85. The van der Waals surface area contributed by atoms with Gasteiger partial charge in [0.2, 0.25) is 0 Å². The molecule has 5 nitrogen and oxygen atoms in total. The van der Waals surface area contributed by atoms with E-state index in [-0.39, 0.29) is 5.69 Å². The van der Waals surface area contributed by atoms with Crippen molar-refractivity contribution in [3.63, 3.8) is 0 Å². The third-order valence-electron chi connectivity index (χ3n) is 2.21. The Morgan fingerprint density at radius 2 is 2.17 bits per heavy atom. The molecule has 1 heterocycles. The number of nitriles is 1. The van der Waals surface area contributed by atoms with Crippen LogP contribution in [0, 0.1) is 16.2 Å². The highest BCUT2D eigenvalue weighted by molar-refractivity contribution is 6.31. The summed E-state index contributed by atoms with van der Waals surface area (Å²) in [5, 5.41) is 15.0. The fourth-order valence-electron chi connectivity index (χ4n) is 1.38. The number of pyridine rings is 1. The molecule has 0 radical (unpaired) electrons. The summed E-state index contributed by atoms with van der Waals surface area (Å²) in [4.78, 5) is 14.4. The first-order chi connectivity index (χ1) is 8.72. The van der Waals surface area contributed by atoms with Crippen molar-refractivity contribution in [1.29, 1.82) is 5.26 Å². The average Bonchev–Trinajstić information content (AvgIpc) is 2.41. The number of aromatic nitrogens is 1. The van der Waals surface area contributed by atoms with Crippen molar-refractivity contribution < 1.29 is 0 Å². The first kappa shape index (κ1) is 12.0. The lowest BCUT2D eigenvalue weighted by molar-refractivity contribution is 1.29. The third-order valence-corrected chi connectivity index (χ3v) is 2.54. The molecule has 2 rings (SSSR count). The number of nitrogens with zero attached hydrogens (tertiary/aromatic N) is 3. The number of hydrogen-bond acceptors (Lipinski definition) is 5. The molecule has 0 aliphatic carbocycles. The van der Waals surface area contributed by atoms with Crippen molar-refractivity contribution >= 4 is 28.8 Å². The molecule has 0 fully saturated rings. The van der Waals surface area contributed by atoms with E-state index in [0.29, 0.717) is 22.1 Å². The van der Waals surface area contributed by atoms with Crippen LogP contribution in [-0.2, 0) is 0 Å². The maximum atomic E-state index is 10.4. The molecule has 6 heteroatoms. The van der Waals surface area contributed by atoms with E-state index in [4.69, 9.17) is 16.9 Å². The second-order valence-corrected chi connectivity index (χ2v) is 3.83. The molecular weight excluding hydrogens is 252 g/mol. The first-order valence-corrected chi connectivity index (χ1v) is 5.37. The van der Waals surface area contributed by atoms with Gasteiger partial charge >= 0.3 is 0 Å². The topological polar surface area (TPSA) is 78.1 Å². The van der Waals surface area contributed by atoms with Crippen LogP contribution in [0.1, 0.15) is 5.56 Å². The number of rotatable bonds is 3. The van der Waals surface area contributed by atoms with Gasteiger partial charge in [0.25, 0.3) is 0 Å². The minimum Gasteiger partial charge on any atom is -0.340 e. The van der Waals surface area contributed by atoms with Crippen LogP contribution in [0.3, 0.4) is 0 Å². The standard InChI is InChI=1S/C12H7ClN4O/c13-11-2-1-9(5-8(11)7-14)16-12-6-10(17-18)3-4-15-12/h1-6H,(H,15,16). The Morgan fingerprint density at radius 1 is 1.33 bits per heavy atom.